The number of rotatable bonds is 7. The van der Waals surface area contributed by atoms with Crippen LogP contribution in [0.25, 0.3) is 27.9 Å². The fraction of sp³-hybridized carbons (Fsp3) is 0.267. The normalized spacial score (nSPS) is 17.9. The standard InChI is InChI=1S/C30H29F2N7/c1-30(2)17-33-11-10-25(30)38-29-27-20(18-5-3-6-18)14-34-16-24(27)37-28(39-29)19-9-12-35-26(13-19)36-15-21-22(31)7-4-8-23(21)32/h3-9,12-14,16,25,33H,10-11,15,17H2,1-2H3,(H,35,36)(H,37,38,39). The van der Waals surface area contributed by atoms with Crippen LogP contribution in [0.4, 0.5) is 20.4 Å². The first kappa shape index (κ1) is 25.1. The number of hydrogen-bond acceptors (Lipinski definition) is 7. The molecule has 0 amide bonds. The van der Waals surface area contributed by atoms with E-state index in [2.05, 4.69) is 51.9 Å². The van der Waals surface area contributed by atoms with Crippen molar-refractivity contribution >= 4 is 28.1 Å². The maximum absolute atomic E-state index is 14.1. The molecule has 1 fully saturated rings. The molecule has 198 valence electrons. The van der Waals surface area contributed by atoms with Crippen molar-refractivity contribution in [2.24, 2.45) is 5.41 Å². The molecule has 39 heavy (non-hydrogen) atoms. The molecule has 3 N–H and O–H groups in total. The van der Waals surface area contributed by atoms with Gasteiger partial charge in [0.2, 0.25) is 0 Å². The molecule has 6 rings (SSSR count). The van der Waals surface area contributed by atoms with Crippen LogP contribution < -0.4 is 16.0 Å². The molecule has 1 unspecified atom stereocenters. The highest BCUT2D eigenvalue weighted by Gasteiger charge is 2.33. The van der Waals surface area contributed by atoms with Gasteiger partial charge in [-0.3, -0.25) is 4.98 Å². The Hall–Kier alpha value is -4.24. The molecule has 7 nitrogen and oxygen atoms in total. The molecule has 0 bridgehead atoms. The fourth-order valence-corrected chi connectivity index (χ4v) is 5.06. The van der Waals surface area contributed by atoms with Crippen molar-refractivity contribution in [2.75, 3.05) is 23.7 Å². The van der Waals surface area contributed by atoms with Crippen LogP contribution in [0.5, 0.6) is 0 Å². The number of hydrogen-bond donors (Lipinski definition) is 3. The highest BCUT2D eigenvalue weighted by Crippen LogP contribution is 2.36. The van der Waals surface area contributed by atoms with Crippen LogP contribution in [-0.4, -0.2) is 39.1 Å². The molecule has 1 saturated heterocycles. The fourth-order valence-electron chi connectivity index (χ4n) is 5.06. The second-order valence-corrected chi connectivity index (χ2v) is 10.6. The Morgan fingerprint density at radius 1 is 1.10 bits per heavy atom. The third-order valence-corrected chi connectivity index (χ3v) is 7.44. The maximum atomic E-state index is 14.1. The minimum absolute atomic E-state index is 0.0221. The van der Waals surface area contributed by atoms with Gasteiger partial charge in [0.1, 0.15) is 23.3 Å². The zero-order chi connectivity index (χ0) is 27.0. The van der Waals surface area contributed by atoms with E-state index in [0.717, 1.165) is 52.9 Å². The smallest absolute Gasteiger partial charge is 0.162 e. The van der Waals surface area contributed by atoms with Crippen LogP contribution in [0.2, 0.25) is 0 Å². The van der Waals surface area contributed by atoms with Crippen LogP contribution in [0.15, 0.2) is 67.2 Å². The number of halogens is 2. The Morgan fingerprint density at radius 3 is 2.67 bits per heavy atom. The number of nitrogens with zero attached hydrogens (tertiary/aromatic N) is 4. The maximum Gasteiger partial charge on any atom is 0.162 e. The van der Waals surface area contributed by atoms with Crippen LogP contribution in [-0.2, 0) is 6.54 Å². The zero-order valence-corrected chi connectivity index (χ0v) is 21.8. The summed E-state index contributed by atoms with van der Waals surface area (Å²) >= 11 is 0. The Kier molecular flexibility index (Phi) is 6.52. The van der Waals surface area contributed by atoms with E-state index in [1.807, 2.05) is 18.3 Å². The van der Waals surface area contributed by atoms with E-state index in [1.54, 1.807) is 18.5 Å². The number of fused-ring (bicyclic) bond motifs is 1. The van der Waals surface area contributed by atoms with E-state index in [-0.39, 0.29) is 23.6 Å². The summed E-state index contributed by atoms with van der Waals surface area (Å²) < 4.78 is 28.2. The summed E-state index contributed by atoms with van der Waals surface area (Å²) in [5.41, 5.74) is 3.51. The second kappa shape index (κ2) is 10.1. The first-order valence-corrected chi connectivity index (χ1v) is 13.0. The van der Waals surface area contributed by atoms with Gasteiger partial charge in [-0.1, -0.05) is 38.1 Å². The number of aromatic nitrogens is 4. The number of nitrogens with one attached hydrogen (secondary N) is 3. The molecule has 4 aromatic rings. The van der Waals surface area contributed by atoms with Gasteiger partial charge in [0.05, 0.1) is 17.1 Å². The zero-order valence-electron chi connectivity index (χ0n) is 21.8. The van der Waals surface area contributed by atoms with Gasteiger partial charge < -0.3 is 16.0 Å². The van der Waals surface area contributed by atoms with E-state index in [4.69, 9.17) is 9.97 Å². The molecule has 3 aromatic heterocycles. The number of benzene rings is 1. The molecule has 2 aliphatic rings. The lowest BCUT2D eigenvalue weighted by atomic mass is 9.80. The van der Waals surface area contributed by atoms with Gasteiger partial charge in [0.15, 0.2) is 5.82 Å². The summed E-state index contributed by atoms with van der Waals surface area (Å²) in [4.78, 5) is 18.7. The molecule has 0 spiro atoms. The van der Waals surface area contributed by atoms with E-state index < -0.39 is 11.6 Å². The van der Waals surface area contributed by atoms with Gasteiger partial charge in [-0.25, -0.2) is 23.7 Å². The van der Waals surface area contributed by atoms with Crippen molar-refractivity contribution < 1.29 is 8.78 Å². The lowest BCUT2D eigenvalue weighted by Crippen LogP contribution is -2.49. The van der Waals surface area contributed by atoms with Crippen molar-refractivity contribution in [1.29, 1.82) is 0 Å². The van der Waals surface area contributed by atoms with Crippen molar-refractivity contribution in [3.63, 3.8) is 0 Å². The average molecular weight is 526 g/mol. The summed E-state index contributed by atoms with van der Waals surface area (Å²) in [7, 11) is 0. The van der Waals surface area contributed by atoms with Gasteiger partial charge in [-0.05, 0) is 48.2 Å². The molecule has 4 heterocycles. The highest BCUT2D eigenvalue weighted by molar-refractivity contribution is 6.02. The first-order valence-electron chi connectivity index (χ1n) is 13.0. The van der Waals surface area contributed by atoms with Crippen LogP contribution in [0.3, 0.4) is 0 Å². The minimum atomic E-state index is -0.604. The molecule has 1 atom stereocenters. The van der Waals surface area contributed by atoms with E-state index in [0.29, 0.717) is 11.6 Å². The molecule has 1 aliphatic carbocycles. The predicted molar refractivity (Wildman–Crippen MR) is 150 cm³/mol. The van der Waals surface area contributed by atoms with Crippen LogP contribution in [0, 0.1) is 17.0 Å². The summed E-state index contributed by atoms with van der Waals surface area (Å²) in [6.07, 6.45) is 12.3. The topological polar surface area (TPSA) is 87.7 Å². The van der Waals surface area contributed by atoms with E-state index in [9.17, 15) is 8.78 Å². The number of pyridine rings is 2. The van der Waals surface area contributed by atoms with Crippen molar-refractivity contribution in [3.8, 4) is 11.4 Å². The Morgan fingerprint density at radius 2 is 1.92 bits per heavy atom. The summed E-state index contributed by atoms with van der Waals surface area (Å²) in [6.45, 7) is 6.30. The van der Waals surface area contributed by atoms with Crippen molar-refractivity contribution in [3.05, 3.63) is 89.9 Å². The Bertz CT molecular complexity index is 1590. The monoisotopic (exact) mass is 525 g/mol. The lowest BCUT2D eigenvalue weighted by Gasteiger charge is -2.40. The third kappa shape index (κ3) is 4.97. The van der Waals surface area contributed by atoms with Crippen molar-refractivity contribution in [2.45, 2.75) is 32.9 Å². The molecule has 9 heteroatoms. The third-order valence-electron chi connectivity index (χ3n) is 7.44. The highest BCUT2D eigenvalue weighted by atomic mass is 19.1. The molecule has 1 aromatic carbocycles. The molecule has 0 saturated carbocycles. The van der Waals surface area contributed by atoms with E-state index in [1.165, 1.54) is 18.2 Å². The van der Waals surface area contributed by atoms with Crippen LogP contribution >= 0.6 is 0 Å². The van der Waals surface area contributed by atoms with Crippen LogP contribution in [0.1, 0.15) is 31.4 Å². The Labute approximate surface area is 225 Å². The quantitative estimate of drug-likeness (QED) is 0.284. The second-order valence-electron chi connectivity index (χ2n) is 10.6. The van der Waals surface area contributed by atoms with Gasteiger partial charge in [0, 0.05) is 48.2 Å². The van der Waals surface area contributed by atoms with Gasteiger partial charge in [0.25, 0.3) is 0 Å². The lowest BCUT2D eigenvalue weighted by molar-refractivity contribution is 0.236. The number of allylic oxidation sites excluding steroid dienone is 4. The average Bonchev–Trinajstić information content (AvgIpc) is 2.89. The number of anilines is 2. The SMILES string of the molecule is CC1(C)CNCCC1Nc1nc(-c2ccnc(NCc3c(F)cccc3F)c2)nc2cncc(C3=CC=C3)c12. The number of piperidine rings is 1. The summed E-state index contributed by atoms with van der Waals surface area (Å²) in [5.74, 6) is 0.523. The van der Waals surface area contributed by atoms with Gasteiger partial charge in [-0.15, -0.1) is 0 Å². The predicted octanol–water partition coefficient (Wildman–Crippen LogP) is 5.73. The first-order chi connectivity index (χ1) is 18.9. The van der Waals surface area contributed by atoms with Gasteiger partial charge in [-0.2, -0.15) is 0 Å². The molecular weight excluding hydrogens is 496 g/mol. The Balaban J connectivity index is 1.38. The summed E-state index contributed by atoms with van der Waals surface area (Å²) in [5, 5.41) is 11.2. The van der Waals surface area contributed by atoms with Crippen molar-refractivity contribution in [1.82, 2.24) is 25.3 Å². The summed E-state index contributed by atoms with van der Waals surface area (Å²) in [6, 6.07) is 7.64. The molecular formula is C30H29F2N7. The molecule has 0 radical (unpaired) electrons. The molecule has 1 aliphatic heterocycles. The largest absolute Gasteiger partial charge is 0.366 e. The minimum Gasteiger partial charge on any atom is -0.366 e. The van der Waals surface area contributed by atoms with Gasteiger partial charge >= 0.3 is 0 Å². The van der Waals surface area contributed by atoms with E-state index >= 15 is 0 Å².